The number of aryl methyl sites for hydroxylation is 2. The third-order valence-electron chi connectivity index (χ3n) is 2.59. The molecule has 0 saturated carbocycles. The van der Waals surface area contributed by atoms with Gasteiger partial charge in [-0.2, -0.15) is 4.98 Å². The second-order valence-electron chi connectivity index (χ2n) is 4.11. The standard InChI is InChI=1S/C12H13ClN2O4S/c1-3-12-14-11(15-19-12)7-18-9-4-5-10(8(2)6-9)20(13,16)17/h4-6H,3,7H2,1-2H3. The van der Waals surface area contributed by atoms with Crippen LogP contribution < -0.4 is 4.74 Å². The molecular weight excluding hydrogens is 304 g/mol. The van der Waals surface area contributed by atoms with Gasteiger partial charge in [-0.1, -0.05) is 12.1 Å². The third kappa shape index (κ3) is 3.49. The van der Waals surface area contributed by atoms with Gasteiger partial charge in [-0.05, 0) is 30.7 Å². The van der Waals surface area contributed by atoms with Gasteiger partial charge in [-0.25, -0.2) is 8.42 Å². The molecule has 0 atom stereocenters. The summed E-state index contributed by atoms with van der Waals surface area (Å²) in [7, 11) is 1.57. The smallest absolute Gasteiger partial charge is 0.261 e. The van der Waals surface area contributed by atoms with Crippen molar-refractivity contribution < 1.29 is 17.7 Å². The van der Waals surface area contributed by atoms with Crippen molar-refractivity contribution in [1.29, 1.82) is 0 Å². The van der Waals surface area contributed by atoms with E-state index in [2.05, 4.69) is 10.1 Å². The van der Waals surface area contributed by atoms with Gasteiger partial charge in [0.05, 0.1) is 4.90 Å². The number of nitrogens with zero attached hydrogens (tertiary/aromatic N) is 2. The van der Waals surface area contributed by atoms with E-state index in [1.807, 2.05) is 6.92 Å². The predicted octanol–water partition coefficient (Wildman–Crippen LogP) is 2.45. The van der Waals surface area contributed by atoms with Crippen LogP contribution in [0.3, 0.4) is 0 Å². The van der Waals surface area contributed by atoms with Gasteiger partial charge in [-0.15, -0.1) is 0 Å². The first-order chi connectivity index (χ1) is 9.40. The number of halogens is 1. The average molecular weight is 317 g/mol. The van der Waals surface area contributed by atoms with Crippen molar-refractivity contribution >= 4 is 19.7 Å². The Bertz CT molecular complexity index is 712. The monoisotopic (exact) mass is 316 g/mol. The van der Waals surface area contributed by atoms with Gasteiger partial charge in [-0.3, -0.25) is 0 Å². The summed E-state index contributed by atoms with van der Waals surface area (Å²) in [6.45, 7) is 3.70. The van der Waals surface area contributed by atoms with E-state index >= 15 is 0 Å². The highest BCUT2D eigenvalue weighted by molar-refractivity contribution is 8.13. The number of rotatable bonds is 5. The molecule has 0 fully saturated rings. The van der Waals surface area contributed by atoms with Crippen LogP contribution in [0.1, 0.15) is 24.2 Å². The first-order valence-electron chi connectivity index (χ1n) is 5.89. The molecular formula is C12H13ClN2O4S. The average Bonchev–Trinajstić information content (AvgIpc) is 2.83. The van der Waals surface area contributed by atoms with Crippen LogP contribution in [0.5, 0.6) is 5.75 Å². The summed E-state index contributed by atoms with van der Waals surface area (Å²) in [5.74, 6) is 1.49. The Hall–Kier alpha value is -1.60. The van der Waals surface area contributed by atoms with Crippen LogP contribution >= 0.6 is 10.7 Å². The highest BCUT2D eigenvalue weighted by Crippen LogP contribution is 2.24. The molecule has 0 spiro atoms. The van der Waals surface area contributed by atoms with E-state index in [0.717, 1.165) is 0 Å². The topological polar surface area (TPSA) is 82.3 Å². The van der Waals surface area contributed by atoms with Crippen LogP contribution in [-0.2, 0) is 22.1 Å². The minimum absolute atomic E-state index is 0.0688. The Morgan fingerprint density at radius 2 is 2.15 bits per heavy atom. The van der Waals surface area contributed by atoms with E-state index in [0.29, 0.717) is 29.4 Å². The zero-order chi connectivity index (χ0) is 14.8. The minimum Gasteiger partial charge on any atom is -0.485 e. The van der Waals surface area contributed by atoms with Crippen molar-refractivity contribution in [3.05, 3.63) is 35.5 Å². The highest BCUT2D eigenvalue weighted by Gasteiger charge is 2.14. The van der Waals surface area contributed by atoms with E-state index in [1.165, 1.54) is 12.1 Å². The Morgan fingerprint density at radius 3 is 2.70 bits per heavy atom. The fourth-order valence-corrected chi connectivity index (χ4v) is 2.82. The molecule has 20 heavy (non-hydrogen) atoms. The molecule has 2 aromatic rings. The number of aromatic nitrogens is 2. The third-order valence-corrected chi connectivity index (χ3v) is 4.07. The fraction of sp³-hybridized carbons (Fsp3) is 0.333. The van der Waals surface area contributed by atoms with Crippen LogP contribution in [0, 0.1) is 6.92 Å². The highest BCUT2D eigenvalue weighted by atomic mass is 35.7. The van der Waals surface area contributed by atoms with Crippen molar-refractivity contribution in [1.82, 2.24) is 10.1 Å². The molecule has 0 aliphatic heterocycles. The van der Waals surface area contributed by atoms with Gasteiger partial charge in [0.15, 0.2) is 6.61 Å². The largest absolute Gasteiger partial charge is 0.485 e. The van der Waals surface area contributed by atoms with Gasteiger partial charge in [0.25, 0.3) is 9.05 Å². The second-order valence-corrected chi connectivity index (χ2v) is 6.65. The van der Waals surface area contributed by atoms with Crippen molar-refractivity contribution in [2.75, 3.05) is 0 Å². The fourth-order valence-electron chi connectivity index (χ4n) is 1.63. The lowest BCUT2D eigenvalue weighted by atomic mass is 10.2. The molecule has 0 amide bonds. The normalized spacial score (nSPS) is 11.6. The summed E-state index contributed by atoms with van der Waals surface area (Å²) < 4.78 is 33.0. The minimum atomic E-state index is -3.74. The SMILES string of the molecule is CCc1nc(COc2ccc(S(=O)(=O)Cl)c(C)c2)no1. The van der Waals surface area contributed by atoms with Crippen molar-refractivity contribution in [2.24, 2.45) is 0 Å². The first-order valence-corrected chi connectivity index (χ1v) is 8.20. The lowest BCUT2D eigenvalue weighted by molar-refractivity contribution is 0.285. The lowest BCUT2D eigenvalue weighted by Gasteiger charge is -2.06. The quantitative estimate of drug-likeness (QED) is 0.788. The van der Waals surface area contributed by atoms with Crippen LogP contribution in [0.15, 0.2) is 27.6 Å². The van der Waals surface area contributed by atoms with E-state index in [9.17, 15) is 8.42 Å². The Labute approximate surface area is 121 Å². The van der Waals surface area contributed by atoms with Crippen LogP contribution in [0.2, 0.25) is 0 Å². The number of ether oxygens (including phenoxy) is 1. The molecule has 1 aromatic carbocycles. The predicted molar refractivity (Wildman–Crippen MR) is 72.2 cm³/mol. The summed E-state index contributed by atoms with van der Waals surface area (Å²) in [4.78, 5) is 4.17. The van der Waals surface area contributed by atoms with Gasteiger partial charge >= 0.3 is 0 Å². The van der Waals surface area contributed by atoms with Crippen molar-refractivity contribution in [3.8, 4) is 5.75 Å². The molecule has 6 nitrogen and oxygen atoms in total. The number of hydrogen-bond donors (Lipinski definition) is 0. The number of hydrogen-bond acceptors (Lipinski definition) is 6. The summed E-state index contributed by atoms with van der Waals surface area (Å²) in [6.07, 6.45) is 0.661. The van der Waals surface area contributed by atoms with E-state index < -0.39 is 9.05 Å². The number of benzene rings is 1. The molecule has 1 heterocycles. The molecule has 0 aliphatic carbocycles. The second kappa shape index (κ2) is 5.80. The maximum absolute atomic E-state index is 11.3. The first kappa shape index (κ1) is 14.8. The molecule has 108 valence electrons. The molecule has 0 saturated heterocycles. The molecule has 1 aromatic heterocycles. The summed E-state index contributed by atoms with van der Waals surface area (Å²) in [5, 5.41) is 3.75. The Balaban J connectivity index is 2.09. The van der Waals surface area contributed by atoms with E-state index in [-0.39, 0.29) is 11.5 Å². The van der Waals surface area contributed by atoms with Crippen LogP contribution in [-0.4, -0.2) is 18.6 Å². The van der Waals surface area contributed by atoms with Crippen molar-refractivity contribution in [2.45, 2.75) is 31.8 Å². The molecule has 0 unspecified atom stereocenters. The lowest BCUT2D eigenvalue weighted by Crippen LogP contribution is -2.00. The molecule has 0 radical (unpaired) electrons. The Morgan fingerprint density at radius 1 is 1.40 bits per heavy atom. The zero-order valence-electron chi connectivity index (χ0n) is 11.0. The van der Waals surface area contributed by atoms with Gasteiger partial charge in [0, 0.05) is 17.1 Å². The van der Waals surface area contributed by atoms with Crippen LogP contribution in [0.4, 0.5) is 0 Å². The maximum atomic E-state index is 11.3. The molecule has 0 N–H and O–H groups in total. The maximum Gasteiger partial charge on any atom is 0.261 e. The van der Waals surface area contributed by atoms with Crippen molar-refractivity contribution in [3.63, 3.8) is 0 Å². The van der Waals surface area contributed by atoms with Gasteiger partial charge in [0.1, 0.15) is 5.75 Å². The van der Waals surface area contributed by atoms with E-state index in [1.54, 1.807) is 13.0 Å². The van der Waals surface area contributed by atoms with Gasteiger partial charge < -0.3 is 9.26 Å². The van der Waals surface area contributed by atoms with Gasteiger partial charge in [0.2, 0.25) is 11.7 Å². The van der Waals surface area contributed by atoms with Crippen LogP contribution in [0.25, 0.3) is 0 Å². The molecule has 2 rings (SSSR count). The Kier molecular flexibility index (Phi) is 4.29. The summed E-state index contributed by atoms with van der Waals surface area (Å²) in [5.41, 5.74) is 0.514. The zero-order valence-corrected chi connectivity index (χ0v) is 12.5. The summed E-state index contributed by atoms with van der Waals surface area (Å²) >= 11 is 0. The molecule has 0 aliphatic rings. The summed E-state index contributed by atoms with van der Waals surface area (Å²) in [6, 6.07) is 4.53. The molecule has 0 bridgehead atoms. The van der Waals surface area contributed by atoms with E-state index in [4.69, 9.17) is 19.9 Å². The molecule has 8 heteroatoms.